The van der Waals surface area contributed by atoms with Crippen molar-refractivity contribution < 1.29 is 5.11 Å². The number of rotatable bonds is 5. The summed E-state index contributed by atoms with van der Waals surface area (Å²) in [4.78, 5) is 9.68. The van der Waals surface area contributed by atoms with E-state index < -0.39 is 5.60 Å². The summed E-state index contributed by atoms with van der Waals surface area (Å²) in [5.41, 5.74) is 3.02. The highest BCUT2D eigenvalue weighted by Gasteiger charge is 2.34. The summed E-state index contributed by atoms with van der Waals surface area (Å²) < 4.78 is 0. The Morgan fingerprint density at radius 2 is 1.85 bits per heavy atom. The Bertz CT molecular complexity index is 734. The molecule has 0 spiro atoms. The normalized spacial score (nSPS) is 18.0. The van der Waals surface area contributed by atoms with E-state index in [0.29, 0.717) is 6.54 Å². The van der Waals surface area contributed by atoms with Crippen LogP contribution >= 0.6 is 12.4 Å². The Kier molecular flexibility index (Phi) is 6.12. The second-order valence-electron chi connectivity index (χ2n) is 7.26. The molecule has 0 saturated heterocycles. The van der Waals surface area contributed by atoms with E-state index in [2.05, 4.69) is 22.8 Å². The van der Waals surface area contributed by atoms with Crippen LogP contribution in [0.1, 0.15) is 41.9 Å². The molecular formula is C20H27ClN4O. The van der Waals surface area contributed by atoms with E-state index >= 15 is 0 Å². The van der Waals surface area contributed by atoms with Gasteiger partial charge in [0.15, 0.2) is 0 Å². The molecule has 2 aromatic rings. The quantitative estimate of drug-likeness (QED) is 0.750. The van der Waals surface area contributed by atoms with E-state index in [9.17, 15) is 5.11 Å². The minimum absolute atomic E-state index is 0. The number of nitrogens with one attached hydrogen (secondary N) is 2. The SMILES string of the molecule is Cl.OC1(CNc2nc(Cc3ccccc3)nc3c2CCNCC3)CCC1. The fourth-order valence-corrected chi connectivity index (χ4v) is 3.61. The molecule has 1 aliphatic carbocycles. The monoisotopic (exact) mass is 374 g/mol. The molecule has 0 atom stereocenters. The third kappa shape index (κ3) is 4.34. The molecule has 0 radical (unpaired) electrons. The Hall–Kier alpha value is -1.69. The predicted octanol–water partition coefficient (Wildman–Crippen LogP) is 2.50. The van der Waals surface area contributed by atoms with Crippen molar-refractivity contribution in [2.45, 2.75) is 44.1 Å². The lowest BCUT2D eigenvalue weighted by molar-refractivity contribution is -0.0202. The van der Waals surface area contributed by atoms with Crippen LogP contribution in [0, 0.1) is 0 Å². The first-order valence-electron chi connectivity index (χ1n) is 9.31. The molecule has 0 amide bonds. The fraction of sp³-hybridized carbons (Fsp3) is 0.500. The molecule has 6 heteroatoms. The second kappa shape index (κ2) is 8.33. The van der Waals surface area contributed by atoms with E-state index in [1.807, 2.05) is 18.2 Å². The van der Waals surface area contributed by atoms with E-state index in [0.717, 1.165) is 69.0 Å². The van der Waals surface area contributed by atoms with Gasteiger partial charge in [-0.2, -0.15) is 0 Å². The number of fused-ring (bicyclic) bond motifs is 1. The van der Waals surface area contributed by atoms with Crippen LogP contribution < -0.4 is 10.6 Å². The molecule has 26 heavy (non-hydrogen) atoms. The molecule has 1 aromatic carbocycles. The topological polar surface area (TPSA) is 70.1 Å². The van der Waals surface area contributed by atoms with Crippen molar-refractivity contribution in [3.8, 4) is 0 Å². The molecule has 4 rings (SSSR count). The van der Waals surface area contributed by atoms with E-state index in [1.165, 1.54) is 11.1 Å². The Morgan fingerprint density at radius 3 is 2.58 bits per heavy atom. The minimum atomic E-state index is -0.555. The van der Waals surface area contributed by atoms with Gasteiger partial charge in [0.2, 0.25) is 0 Å². The van der Waals surface area contributed by atoms with Crippen molar-refractivity contribution in [2.75, 3.05) is 25.0 Å². The van der Waals surface area contributed by atoms with Gasteiger partial charge in [-0.25, -0.2) is 9.97 Å². The first-order valence-corrected chi connectivity index (χ1v) is 9.31. The lowest BCUT2D eigenvalue weighted by Gasteiger charge is -2.37. The summed E-state index contributed by atoms with van der Waals surface area (Å²) in [5.74, 6) is 1.77. The van der Waals surface area contributed by atoms with Crippen molar-refractivity contribution in [1.29, 1.82) is 0 Å². The highest BCUT2D eigenvalue weighted by Crippen LogP contribution is 2.32. The van der Waals surface area contributed by atoms with Crippen molar-refractivity contribution >= 4 is 18.2 Å². The van der Waals surface area contributed by atoms with Crippen LogP contribution in [0.3, 0.4) is 0 Å². The van der Waals surface area contributed by atoms with Crippen LogP contribution in [-0.2, 0) is 19.3 Å². The Labute approximate surface area is 161 Å². The van der Waals surface area contributed by atoms with E-state index in [4.69, 9.17) is 9.97 Å². The summed E-state index contributed by atoms with van der Waals surface area (Å²) in [6, 6.07) is 10.4. The maximum Gasteiger partial charge on any atom is 0.135 e. The van der Waals surface area contributed by atoms with Gasteiger partial charge in [0.25, 0.3) is 0 Å². The molecule has 1 aromatic heterocycles. The van der Waals surface area contributed by atoms with Gasteiger partial charge in [0.1, 0.15) is 11.6 Å². The van der Waals surface area contributed by atoms with E-state index in [1.54, 1.807) is 0 Å². The average Bonchev–Trinajstić information content (AvgIpc) is 2.84. The van der Waals surface area contributed by atoms with Gasteiger partial charge in [0.05, 0.1) is 11.3 Å². The number of hydrogen-bond donors (Lipinski definition) is 3. The Morgan fingerprint density at radius 1 is 1.08 bits per heavy atom. The number of hydrogen-bond acceptors (Lipinski definition) is 5. The lowest BCUT2D eigenvalue weighted by atomic mass is 9.80. The fourth-order valence-electron chi connectivity index (χ4n) is 3.61. The number of anilines is 1. The zero-order chi connectivity index (χ0) is 17.1. The smallest absolute Gasteiger partial charge is 0.135 e. The van der Waals surface area contributed by atoms with Crippen molar-refractivity contribution in [3.63, 3.8) is 0 Å². The first-order chi connectivity index (χ1) is 12.2. The van der Waals surface area contributed by atoms with Crippen LogP contribution in [0.15, 0.2) is 30.3 Å². The Balaban J connectivity index is 0.00000196. The second-order valence-corrected chi connectivity index (χ2v) is 7.26. The summed E-state index contributed by atoms with van der Waals surface area (Å²) in [6.07, 6.45) is 5.47. The van der Waals surface area contributed by atoms with Crippen LogP contribution in [0.4, 0.5) is 5.82 Å². The van der Waals surface area contributed by atoms with E-state index in [-0.39, 0.29) is 12.4 Å². The maximum absolute atomic E-state index is 10.4. The summed E-state index contributed by atoms with van der Waals surface area (Å²) in [5, 5.41) is 17.3. The third-order valence-corrected chi connectivity index (χ3v) is 5.30. The van der Waals surface area contributed by atoms with Gasteiger partial charge in [-0.15, -0.1) is 12.4 Å². The largest absolute Gasteiger partial charge is 0.388 e. The molecule has 3 N–H and O–H groups in total. The van der Waals surface area contributed by atoms with Crippen LogP contribution in [-0.4, -0.2) is 40.3 Å². The molecular weight excluding hydrogens is 348 g/mol. The summed E-state index contributed by atoms with van der Waals surface area (Å²) in [6.45, 7) is 2.49. The first kappa shape index (κ1) is 19.1. The molecule has 2 heterocycles. The van der Waals surface area contributed by atoms with Crippen LogP contribution in [0.2, 0.25) is 0 Å². The van der Waals surface area contributed by atoms with Gasteiger partial charge >= 0.3 is 0 Å². The van der Waals surface area contributed by atoms with Gasteiger partial charge < -0.3 is 15.7 Å². The van der Waals surface area contributed by atoms with Gasteiger partial charge in [0, 0.05) is 31.5 Å². The minimum Gasteiger partial charge on any atom is -0.388 e. The molecule has 0 bridgehead atoms. The highest BCUT2D eigenvalue weighted by molar-refractivity contribution is 5.85. The molecule has 140 valence electrons. The molecule has 0 unspecified atom stereocenters. The standard InChI is InChI=1S/C20H26N4O.ClH/c25-20(9-4-10-20)14-22-19-16-7-11-21-12-8-17(16)23-18(24-19)13-15-5-2-1-3-6-15;/h1-3,5-6,21,25H,4,7-14H2,(H,22,23,24);1H. The van der Waals surface area contributed by atoms with Gasteiger partial charge in [-0.05, 0) is 37.8 Å². The zero-order valence-corrected chi connectivity index (χ0v) is 15.8. The molecule has 2 aliphatic rings. The number of aliphatic hydroxyl groups is 1. The predicted molar refractivity (Wildman–Crippen MR) is 106 cm³/mol. The summed E-state index contributed by atoms with van der Waals surface area (Å²) >= 11 is 0. The van der Waals surface area contributed by atoms with Crippen molar-refractivity contribution in [2.24, 2.45) is 0 Å². The molecule has 1 aliphatic heterocycles. The third-order valence-electron chi connectivity index (χ3n) is 5.30. The lowest BCUT2D eigenvalue weighted by Crippen LogP contribution is -2.43. The van der Waals surface area contributed by atoms with Gasteiger partial charge in [-0.1, -0.05) is 30.3 Å². The van der Waals surface area contributed by atoms with Gasteiger partial charge in [-0.3, -0.25) is 0 Å². The molecule has 1 fully saturated rings. The van der Waals surface area contributed by atoms with Crippen LogP contribution in [0.5, 0.6) is 0 Å². The number of benzene rings is 1. The number of aromatic nitrogens is 2. The van der Waals surface area contributed by atoms with Crippen LogP contribution in [0.25, 0.3) is 0 Å². The maximum atomic E-state index is 10.4. The summed E-state index contributed by atoms with van der Waals surface area (Å²) in [7, 11) is 0. The number of nitrogens with zero attached hydrogens (tertiary/aromatic N) is 2. The number of halogens is 1. The average molecular weight is 375 g/mol. The molecule has 5 nitrogen and oxygen atoms in total. The molecule has 1 saturated carbocycles. The zero-order valence-electron chi connectivity index (χ0n) is 15.0. The van der Waals surface area contributed by atoms with Crippen molar-refractivity contribution in [3.05, 3.63) is 53.0 Å². The van der Waals surface area contributed by atoms with Crippen molar-refractivity contribution in [1.82, 2.24) is 15.3 Å². The highest BCUT2D eigenvalue weighted by atomic mass is 35.5.